The third kappa shape index (κ3) is 2.11. The summed E-state index contributed by atoms with van der Waals surface area (Å²) in [5.41, 5.74) is -2.64. The van der Waals surface area contributed by atoms with E-state index in [4.69, 9.17) is 16.3 Å². The van der Waals surface area contributed by atoms with E-state index in [2.05, 4.69) is 0 Å². The fourth-order valence-corrected chi connectivity index (χ4v) is 3.98. The highest BCUT2D eigenvalue weighted by Gasteiger charge is 2.67. The summed E-state index contributed by atoms with van der Waals surface area (Å²) in [6, 6.07) is 2.46. The minimum atomic E-state index is -4.64. The van der Waals surface area contributed by atoms with Crippen LogP contribution in [0, 0.1) is 11.8 Å². The molecule has 3 aliphatic rings. The minimum Gasteiger partial charge on any atom is -0.393 e. The van der Waals surface area contributed by atoms with Crippen LogP contribution in [0.3, 0.4) is 0 Å². The molecule has 1 aromatic carbocycles. The van der Waals surface area contributed by atoms with Crippen molar-refractivity contribution >= 4 is 29.1 Å². The number of benzene rings is 1. The van der Waals surface area contributed by atoms with Gasteiger partial charge in [-0.1, -0.05) is 23.8 Å². The molecule has 3 aliphatic heterocycles. The molecule has 0 spiro atoms. The van der Waals surface area contributed by atoms with E-state index in [1.165, 1.54) is 6.08 Å². The minimum absolute atomic E-state index is 0.144. The Morgan fingerprint density at radius 2 is 2.00 bits per heavy atom. The zero-order valence-electron chi connectivity index (χ0n) is 12.5. The number of halogens is 4. The van der Waals surface area contributed by atoms with Crippen LogP contribution in [-0.4, -0.2) is 35.2 Å². The van der Waals surface area contributed by atoms with Gasteiger partial charge in [0.2, 0.25) is 11.8 Å². The van der Waals surface area contributed by atoms with E-state index in [1.54, 1.807) is 6.08 Å². The number of rotatable bonds is 2. The number of imide groups is 1. The van der Waals surface area contributed by atoms with E-state index in [-0.39, 0.29) is 10.7 Å². The van der Waals surface area contributed by atoms with Crippen molar-refractivity contribution in [2.24, 2.45) is 11.8 Å². The van der Waals surface area contributed by atoms with Gasteiger partial charge >= 0.3 is 6.18 Å². The number of fused-ring (bicyclic) bond motifs is 5. The lowest BCUT2D eigenvalue weighted by molar-refractivity contribution is -0.137. The number of carbonyl (C=O) groups excluding carboxylic acids is 2. The van der Waals surface area contributed by atoms with Gasteiger partial charge in [-0.15, -0.1) is 0 Å². The van der Waals surface area contributed by atoms with E-state index in [1.807, 2.05) is 0 Å². The Bertz CT molecular complexity index is 824. The van der Waals surface area contributed by atoms with E-state index in [9.17, 15) is 27.9 Å². The molecule has 0 saturated carbocycles. The predicted molar refractivity (Wildman–Crippen MR) is 79.8 cm³/mol. The molecule has 2 bridgehead atoms. The number of hydrogen-bond acceptors (Lipinski definition) is 4. The summed E-state index contributed by atoms with van der Waals surface area (Å²) in [7, 11) is 0. The molecule has 25 heavy (non-hydrogen) atoms. The van der Waals surface area contributed by atoms with Crippen LogP contribution in [0.15, 0.2) is 30.4 Å². The van der Waals surface area contributed by atoms with Gasteiger partial charge in [0.1, 0.15) is 5.60 Å². The Balaban J connectivity index is 1.79. The summed E-state index contributed by atoms with van der Waals surface area (Å²) in [5.74, 6) is -3.26. The van der Waals surface area contributed by atoms with Crippen molar-refractivity contribution in [3.8, 4) is 0 Å². The predicted octanol–water partition coefficient (Wildman–Crippen LogP) is 2.16. The number of ether oxygens (including phenoxy) is 1. The highest BCUT2D eigenvalue weighted by Crippen LogP contribution is 2.53. The highest BCUT2D eigenvalue weighted by atomic mass is 35.5. The first kappa shape index (κ1) is 16.6. The standard InChI is InChI=1S/C16H11ClF3NO4/c17-8-2-1-7(16(18,19)20)5-9(8)21-13(23)11-10-3-4-15(6-22,25-10)12(11)14(21)24/h1-5,10-12,22H,6H2/t10-,11-,12-,15-/m0/s1. The molecule has 2 amide bonds. The van der Waals surface area contributed by atoms with Crippen molar-refractivity contribution in [1.29, 1.82) is 0 Å². The van der Waals surface area contributed by atoms with Gasteiger partial charge in [0.25, 0.3) is 0 Å². The smallest absolute Gasteiger partial charge is 0.393 e. The lowest BCUT2D eigenvalue weighted by Crippen LogP contribution is -2.43. The molecular weight excluding hydrogens is 363 g/mol. The number of aliphatic hydroxyl groups is 1. The van der Waals surface area contributed by atoms with E-state index in [0.717, 1.165) is 12.1 Å². The summed E-state index contributed by atoms with van der Waals surface area (Å²) < 4.78 is 44.5. The maximum absolute atomic E-state index is 13.0. The maximum Gasteiger partial charge on any atom is 0.416 e. The lowest BCUT2D eigenvalue weighted by Gasteiger charge is -2.26. The van der Waals surface area contributed by atoms with Crippen LogP contribution in [-0.2, 0) is 20.5 Å². The summed E-state index contributed by atoms with van der Waals surface area (Å²) in [4.78, 5) is 26.2. The second-order valence-electron chi connectivity index (χ2n) is 6.23. The first-order valence-electron chi connectivity index (χ1n) is 7.42. The maximum atomic E-state index is 13.0. The lowest BCUT2D eigenvalue weighted by atomic mass is 9.77. The molecule has 0 radical (unpaired) electrons. The number of amides is 2. The van der Waals surface area contributed by atoms with Crippen LogP contribution in [0.5, 0.6) is 0 Å². The molecule has 4 atom stereocenters. The molecule has 132 valence electrons. The molecule has 9 heteroatoms. The average molecular weight is 374 g/mol. The summed E-state index contributed by atoms with van der Waals surface area (Å²) in [6.45, 7) is -0.510. The molecule has 2 saturated heterocycles. The Kier molecular flexibility index (Phi) is 3.35. The van der Waals surface area contributed by atoms with Crippen LogP contribution in [0.25, 0.3) is 0 Å². The highest BCUT2D eigenvalue weighted by molar-refractivity contribution is 6.36. The summed E-state index contributed by atoms with van der Waals surface area (Å²) in [5, 5.41) is 9.48. The summed E-state index contributed by atoms with van der Waals surface area (Å²) >= 11 is 5.96. The van der Waals surface area contributed by atoms with E-state index in [0.29, 0.717) is 11.0 Å². The molecule has 4 rings (SSSR count). The summed E-state index contributed by atoms with van der Waals surface area (Å²) in [6.07, 6.45) is -2.22. The van der Waals surface area contributed by atoms with Gasteiger partial charge in [-0.2, -0.15) is 13.2 Å². The number of aliphatic hydroxyl groups excluding tert-OH is 1. The zero-order valence-corrected chi connectivity index (χ0v) is 13.2. The quantitative estimate of drug-likeness (QED) is 0.637. The Labute approximate surface area is 144 Å². The molecule has 1 aromatic rings. The van der Waals surface area contributed by atoms with Crippen molar-refractivity contribution < 1.29 is 32.6 Å². The topological polar surface area (TPSA) is 66.8 Å². The fourth-order valence-electron chi connectivity index (χ4n) is 3.78. The van der Waals surface area contributed by atoms with Gasteiger partial charge in [-0.25, -0.2) is 4.90 Å². The van der Waals surface area contributed by atoms with Crippen molar-refractivity contribution in [2.75, 3.05) is 11.5 Å². The molecular formula is C16H11ClF3NO4. The van der Waals surface area contributed by atoms with Gasteiger partial charge in [0, 0.05) is 0 Å². The van der Waals surface area contributed by atoms with Crippen LogP contribution in [0.1, 0.15) is 5.56 Å². The largest absolute Gasteiger partial charge is 0.416 e. The molecule has 0 aliphatic carbocycles. The molecule has 0 aromatic heterocycles. The monoisotopic (exact) mass is 373 g/mol. The van der Waals surface area contributed by atoms with Gasteiger partial charge in [0.15, 0.2) is 0 Å². The van der Waals surface area contributed by atoms with Crippen molar-refractivity contribution in [1.82, 2.24) is 0 Å². The number of nitrogens with zero attached hydrogens (tertiary/aromatic N) is 1. The van der Waals surface area contributed by atoms with Crippen molar-refractivity contribution in [2.45, 2.75) is 17.9 Å². The van der Waals surface area contributed by atoms with E-state index >= 15 is 0 Å². The average Bonchev–Trinajstić information content (AvgIpc) is 3.19. The van der Waals surface area contributed by atoms with Gasteiger partial charge in [0.05, 0.1) is 40.8 Å². The van der Waals surface area contributed by atoms with Crippen LogP contribution >= 0.6 is 11.6 Å². The van der Waals surface area contributed by atoms with Crippen LogP contribution in [0.2, 0.25) is 5.02 Å². The molecule has 0 unspecified atom stereocenters. The fraction of sp³-hybridized carbons (Fsp3) is 0.375. The van der Waals surface area contributed by atoms with Crippen LogP contribution < -0.4 is 4.90 Å². The first-order chi connectivity index (χ1) is 11.7. The number of alkyl halides is 3. The normalized spacial score (nSPS) is 33.5. The second-order valence-corrected chi connectivity index (χ2v) is 6.64. The van der Waals surface area contributed by atoms with E-state index < -0.39 is 53.7 Å². The zero-order chi connectivity index (χ0) is 18.1. The van der Waals surface area contributed by atoms with Crippen molar-refractivity contribution in [3.63, 3.8) is 0 Å². The van der Waals surface area contributed by atoms with Crippen LogP contribution in [0.4, 0.5) is 18.9 Å². The number of carbonyl (C=O) groups is 2. The van der Waals surface area contributed by atoms with Gasteiger partial charge in [-0.3, -0.25) is 9.59 Å². The Morgan fingerprint density at radius 1 is 1.28 bits per heavy atom. The second kappa shape index (κ2) is 5.06. The third-order valence-corrected chi connectivity index (χ3v) is 5.24. The first-order valence-corrected chi connectivity index (χ1v) is 7.80. The Hall–Kier alpha value is -1.90. The van der Waals surface area contributed by atoms with Crippen molar-refractivity contribution in [3.05, 3.63) is 40.9 Å². The SMILES string of the molecule is O=C1[C@H]2[C@@H]3C=C[C@@](CO)(O3)[C@@H]2C(=O)N1c1cc(C(F)(F)F)ccc1Cl. The number of anilines is 1. The third-order valence-electron chi connectivity index (χ3n) is 4.92. The molecule has 5 nitrogen and oxygen atoms in total. The molecule has 2 fully saturated rings. The molecule has 1 N–H and O–H groups in total. The number of hydrogen-bond donors (Lipinski definition) is 1. The van der Waals surface area contributed by atoms with Gasteiger partial charge < -0.3 is 9.84 Å². The van der Waals surface area contributed by atoms with Gasteiger partial charge in [-0.05, 0) is 18.2 Å². The molecule has 3 heterocycles. The Morgan fingerprint density at radius 3 is 2.64 bits per heavy atom.